The maximum atomic E-state index is 10.9. The van der Waals surface area contributed by atoms with E-state index >= 15 is 0 Å². The molecule has 21 heavy (non-hydrogen) atoms. The highest BCUT2D eigenvalue weighted by atomic mass is 16.6. The van der Waals surface area contributed by atoms with Crippen LogP contribution in [0.3, 0.4) is 0 Å². The Hall–Kier alpha value is -1.42. The van der Waals surface area contributed by atoms with Gasteiger partial charge in [0, 0.05) is 31.3 Å². The minimum atomic E-state index is -0.309. The largest absolute Gasteiger partial charge is 0.296 e. The van der Waals surface area contributed by atoms with Gasteiger partial charge in [0.15, 0.2) is 0 Å². The van der Waals surface area contributed by atoms with Gasteiger partial charge in [-0.25, -0.2) is 0 Å². The number of hydrogen-bond donors (Lipinski definition) is 0. The van der Waals surface area contributed by atoms with Crippen molar-refractivity contribution >= 4 is 5.69 Å². The van der Waals surface area contributed by atoms with Crippen LogP contribution < -0.4 is 0 Å². The van der Waals surface area contributed by atoms with Crippen molar-refractivity contribution in [1.29, 1.82) is 0 Å². The number of benzene rings is 1. The molecule has 114 valence electrons. The van der Waals surface area contributed by atoms with Gasteiger partial charge < -0.3 is 0 Å². The van der Waals surface area contributed by atoms with E-state index in [9.17, 15) is 10.1 Å². The van der Waals surface area contributed by atoms with Crippen LogP contribution in [0.5, 0.6) is 0 Å². The van der Waals surface area contributed by atoms with Crippen molar-refractivity contribution in [2.45, 2.75) is 52.6 Å². The van der Waals surface area contributed by atoms with E-state index in [-0.39, 0.29) is 10.6 Å². The first kappa shape index (κ1) is 14.5. The standard InChI is InChI=1S/C17H24N2O2/c1-16(2)8-15-9-17(3,11-16)12-18(15)10-13-5-4-6-14(7-13)19(20)21/h4-7,15H,8-12H2,1-3H3/t15-,17-/m1/s1. The summed E-state index contributed by atoms with van der Waals surface area (Å²) in [4.78, 5) is 13.1. The number of likely N-dealkylation sites (tertiary alicyclic amines) is 1. The number of rotatable bonds is 3. The maximum Gasteiger partial charge on any atom is 0.269 e. The minimum absolute atomic E-state index is 0.196. The molecule has 1 aliphatic heterocycles. The number of hydrogen-bond acceptors (Lipinski definition) is 3. The molecule has 0 N–H and O–H groups in total. The summed E-state index contributed by atoms with van der Waals surface area (Å²) in [6.45, 7) is 9.08. The van der Waals surface area contributed by atoms with E-state index in [0.717, 1.165) is 18.7 Å². The molecule has 1 saturated carbocycles. The molecule has 1 aromatic carbocycles. The van der Waals surface area contributed by atoms with E-state index in [1.54, 1.807) is 18.2 Å². The molecule has 2 atom stereocenters. The molecule has 4 heteroatoms. The lowest BCUT2D eigenvalue weighted by molar-refractivity contribution is -0.384. The van der Waals surface area contributed by atoms with Gasteiger partial charge in [0.05, 0.1) is 4.92 Å². The first-order valence-electron chi connectivity index (χ1n) is 7.74. The number of nitrogens with zero attached hydrogens (tertiary/aromatic N) is 2. The second-order valence-corrected chi connectivity index (χ2v) is 8.05. The maximum absolute atomic E-state index is 10.9. The normalized spacial score (nSPS) is 31.3. The molecule has 2 fully saturated rings. The van der Waals surface area contributed by atoms with Crippen LogP contribution in [0.4, 0.5) is 5.69 Å². The fourth-order valence-corrected chi connectivity index (χ4v) is 4.76. The smallest absolute Gasteiger partial charge is 0.269 e. The zero-order valence-electron chi connectivity index (χ0n) is 13.1. The van der Waals surface area contributed by atoms with E-state index < -0.39 is 0 Å². The lowest BCUT2D eigenvalue weighted by Gasteiger charge is -2.40. The van der Waals surface area contributed by atoms with Crippen molar-refractivity contribution in [3.8, 4) is 0 Å². The molecule has 0 radical (unpaired) electrons. The molecule has 3 rings (SSSR count). The van der Waals surface area contributed by atoms with Gasteiger partial charge in [0.25, 0.3) is 5.69 Å². The molecule has 2 aliphatic rings. The first-order valence-corrected chi connectivity index (χ1v) is 7.74. The van der Waals surface area contributed by atoms with Crippen LogP contribution in [0, 0.1) is 20.9 Å². The van der Waals surface area contributed by atoms with Gasteiger partial charge >= 0.3 is 0 Å². The lowest BCUT2D eigenvalue weighted by Crippen LogP contribution is -2.34. The monoisotopic (exact) mass is 288 g/mol. The number of nitro groups is 1. The van der Waals surface area contributed by atoms with Gasteiger partial charge in [-0.05, 0) is 35.7 Å². The Balaban J connectivity index is 1.77. The van der Waals surface area contributed by atoms with Crippen molar-refractivity contribution in [1.82, 2.24) is 4.90 Å². The third-order valence-corrected chi connectivity index (χ3v) is 5.03. The molecule has 0 spiro atoms. The predicted molar refractivity (Wildman–Crippen MR) is 83.0 cm³/mol. The quantitative estimate of drug-likeness (QED) is 0.624. The lowest BCUT2D eigenvalue weighted by atomic mass is 9.65. The summed E-state index contributed by atoms with van der Waals surface area (Å²) in [7, 11) is 0. The summed E-state index contributed by atoms with van der Waals surface area (Å²) in [6.07, 6.45) is 3.78. The fraction of sp³-hybridized carbons (Fsp3) is 0.647. The predicted octanol–water partition coefficient (Wildman–Crippen LogP) is 4.00. The molecule has 1 saturated heterocycles. The molecule has 2 bridgehead atoms. The average Bonchev–Trinajstić information content (AvgIpc) is 2.58. The second-order valence-electron chi connectivity index (χ2n) is 8.05. The van der Waals surface area contributed by atoms with E-state index in [0.29, 0.717) is 16.9 Å². The van der Waals surface area contributed by atoms with Gasteiger partial charge in [-0.3, -0.25) is 15.0 Å². The average molecular weight is 288 g/mol. The van der Waals surface area contributed by atoms with Crippen LogP contribution in [-0.2, 0) is 6.54 Å². The van der Waals surface area contributed by atoms with Crippen LogP contribution >= 0.6 is 0 Å². The molecule has 4 nitrogen and oxygen atoms in total. The Labute approximate surface area is 126 Å². The zero-order chi connectivity index (χ0) is 15.3. The summed E-state index contributed by atoms with van der Waals surface area (Å²) < 4.78 is 0. The van der Waals surface area contributed by atoms with E-state index in [1.165, 1.54) is 19.3 Å². The van der Waals surface area contributed by atoms with E-state index in [1.807, 2.05) is 6.07 Å². The Morgan fingerprint density at radius 3 is 2.81 bits per heavy atom. The highest BCUT2D eigenvalue weighted by Crippen LogP contribution is 2.52. The number of non-ortho nitro benzene ring substituents is 1. The third kappa shape index (κ3) is 2.95. The van der Waals surface area contributed by atoms with Gasteiger partial charge in [-0.15, -0.1) is 0 Å². The molecule has 0 amide bonds. The van der Waals surface area contributed by atoms with Crippen molar-refractivity contribution in [3.05, 3.63) is 39.9 Å². The number of fused-ring (bicyclic) bond motifs is 2. The van der Waals surface area contributed by atoms with E-state index in [4.69, 9.17) is 0 Å². The van der Waals surface area contributed by atoms with Crippen LogP contribution in [0.15, 0.2) is 24.3 Å². The fourth-order valence-electron chi connectivity index (χ4n) is 4.76. The Morgan fingerprint density at radius 2 is 2.10 bits per heavy atom. The van der Waals surface area contributed by atoms with Gasteiger partial charge in [0.2, 0.25) is 0 Å². The number of nitro benzene ring substituents is 1. The van der Waals surface area contributed by atoms with Crippen LogP contribution in [0.25, 0.3) is 0 Å². The zero-order valence-corrected chi connectivity index (χ0v) is 13.1. The van der Waals surface area contributed by atoms with E-state index in [2.05, 4.69) is 25.7 Å². The van der Waals surface area contributed by atoms with Crippen LogP contribution in [0.2, 0.25) is 0 Å². The molecule has 1 aromatic rings. The summed E-state index contributed by atoms with van der Waals surface area (Å²) >= 11 is 0. The molecular weight excluding hydrogens is 264 g/mol. The summed E-state index contributed by atoms with van der Waals surface area (Å²) in [6, 6.07) is 7.70. The molecule has 0 aromatic heterocycles. The summed E-state index contributed by atoms with van der Waals surface area (Å²) in [5.41, 5.74) is 2.07. The van der Waals surface area contributed by atoms with Gasteiger partial charge in [0.1, 0.15) is 0 Å². The van der Waals surface area contributed by atoms with Crippen LogP contribution in [0.1, 0.15) is 45.6 Å². The molecule has 0 unspecified atom stereocenters. The van der Waals surface area contributed by atoms with Crippen molar-refractivity contribution in [3.63, 3.8) is 0 Å². The first-order chi connectivity index (χ1) is 9.76. The van der Waals surface area contributed by atoms with Gasteiger partial charge in [-0.2, -0.15) is 0 Å². The minimum Gasteiger partial charge on any atom is -0.296 e. The molecular formula is C17H24N2O2. The van der Waals surface area contributed by atoms with Crippen LogP contribution in [-0.4, -0.2) is 22.4 Å². The third-order valence-electron chi connectivity index (χ3n) is 5.03. The SMILES string of the molecule is CC1(C)C[C@@H]2C[C@@](C)(CN2Cc2cccc([N+](=O)[O-])c2)C1. The molecule has 1 aliphatic carbocycles. The Kier molecular flexibility index (Phi) is 3.32. The highest BCUT2D eigenvalue weighted by Gasteiger charge is 2.49. The summed E-state index contributed by atoms with van der Waals surface area (Å²) in [5, 5.41) is 10.9. The highest BCUT2D eigenvalue weighted by molar-refractivity contribution is 5.34. The van der Waals surface area contributed by atoms with Crippen molar-refractivity contribution in [2.75, 3.05) is 6.54 Å². The molecule has 1 heterocycles. The topological polar surface area (TPSA) is 46.4 Å². The summed E-state index contributed by atoms with van der Waals surface area (Å²) in [5.74, 6) is 0. The van der Waals surface area contributed by atoms with Gasteiger partial charge in [-0.1, -0.05) is 32.9 Å². The van der Waals surface area contributed by atoms with Crippen molar-refractivity contribution in [2.24, 2.45) is 10.8 Å². The Bertz CT molecular complexity index is 570. The van der Waals surface area contributed by atoms with Crippen molar-refractivity contribution < 1.29 is 4.92 Å². The second kappa shape index (κ2) is 4.80. The Morgan fingerprint density at radius 1 is 1.33 bits per heavy atom.